The molecule has 1 aromatic carbocycles. The highest BCUT2D eigenvalue weighted by molar-refractivity contribution is 7.85. The van der Waals surface area contributed by atoms with Crippen LogP contribution in [0.25, 0.3) is 0 Å². The fourth-order valence-electron chi connectivity index (χ4n) is 3.80. The molecule has 1 aromatic rings. The van der Waals surface area contributed by atoms with Crippen LogP contribution in [0.4, 0.5) is 0 Å². The van der Waals surface area contributed by atoms with Gasteiger partial charge in [-0.2, -0.15) is 0 Å². The molecule has 3 atom stereocenters. The number of benzene rings is 1. The zero-order valence-electron chi connectivity index (χ0n) is 12.3. The van der Waals surface area contributed by atoms with Crippen LogP contribution in [-0.2, 0) is 23.6 Å². The summed E-state index contributed by atoms with van der Waals surface area (Å²) >= 11 is 0. The average Bonchev–Trinajstić information content (AvgIpc) is 2.89. The lowest BCUT2D eigenvalue weighted by Crippen LogP contribution is -2.49. The van der Waals surface area contributed by atoms with Gasteiger partial charge in [0.05, 0.1) is 5.25 Å². The van der Waals surface area contributed by atoms with Gasteiger partial charge < -0.3 is 5.32 Å². The molecule has 110 valence electrons. The van der Waals surface area contributed by atoms with Gasteiger partial charge >= 0.3 is 0 Å². The molecule has 1 saturated carbocycles. The smallest absolute Gasteiger partial charge is 0.0501 e. The summed E-state index contributed by atoms with van der Waals surface area (Å²) in [5.74, 6) is 0.799. The van der Waals surface area contributed by atoms with Crippen molar-refractivity contribution in [2.24, 2.45) is 0 Å². The summed E-state index contributed by atoms with van der Waals surface area (Å²) in [6, 6.07) is 9.78. The lowest BCUT2D eigenvalue weighted by molar-refractivity contribution is 0.344. The molecule has 0 aliphatic heterocycles. The summed E-state index contributed by atoms with van der Waals surface area (Å²) in [5, 5.41) is 4.21. The quantitative estimate of drug-likeness (QED) is 0.924. The molecule has 2 nitrogen and oxygen atoms in total. The second kappa shape index (κ2) is 6.40. The predicted molar refractivity (Wildman–Crippen MR) is 85.5 cm³/mol. The first-order valence-electron chi connectivity index (χ1n) is 7.98. The Morgan fingerprint density at radius 3 is 2.45 bits per heavy atom. The van der Waals surface area contributed by atoms with Crippen molar-refractivity contribution >= 4 is 10.8 Å². The van der Waals surface area contributed by atoms with Crippen molar-refractivity contribution in [3.8, 4) is 0 Å². The van der Waals surface area contributed by atoms with Crippen molar-refractivity contribution in [3.05, 3.63) is 35.4 Å². The molecule has 0 unspecified atom stereocenters. The van der Waals surface area contributed by atoms with Gasteiger partial charge in [-0.15, -0.1) is 0 Å². The molecule has 0 heterocycles. The summed E-state index contributed by atoms with van der Waals surface area (Å²) in [6.45, 7) is 2.05. The molecule has 0 aromatic heterocycles. The summed E-state index contributed by atoms with van der Waals surface area (Å²) in [6.07, 6.45) is 7.14. The van der Waals surface area contributed by atoms with Crippen LogP contribution >= 0.6 is 0 Å². The lowest BCUT2D eigenvalue weighted by Gasteiger charge is -2.33. The number of rotatable bonds is 4. The van der Waals surface area contributed by atoms with Crippen LogP contribution in [0.3, 0.4) is 0 Å². The van der Waals surface area contributed by atoms with Crippen molar-refractivity contribution in [2.75, 3.05) is 5.75 Å². The second-order valence-electron chi connectivity index (χ2n) is 6.14. The van der Waals surface area contributed by atoms with E-state index in [0.29, 0.717) is 17.3 Å². The number of hydrogen-bond acceptors (Lipinski definition) is 2. The Labute approximate surface area is 124 Å². The summed E-state index contributed by atoms with van der Waals surface area (Å²) in [4.78, 5) is 0. The first-order valence-corrected chi connectivity index (χ1v) is 9.36. The molecule has 1 N–H and O–H groups in total. The zero-order chi connectivity index (χ0) is 13.9. The van der Waals surface area contributed by atoms with E-state index in [1.54, 1.807) is 0 Å². The number of nitrogens with one attached hydrogen (secondary N) is 1. The third-order valence-electron chi connectivity index (χ3n) is 4.83. The summed E-state index contributed by atoms with van der Waals surface area (Å²) < 4.78 is 12.2. The van der Waals surface area contributed by atoms with E-state index in [1.807, 2.05) is 6.92 Å². The molecule has 3 heteroatoms. The average molecular weight is 291 g/mol. The zero-order valence-corrected chi connectivity index (χ0v) is 13.1. The van der Waals surface area contributed by atoms with E-state index in [1.165, 1.54) is 30.4 Å². The molecule has 0 bridgehead atoms. The SMILES string of the molecule is CC[S@@](=O)[C@H]1CCCC[C@@H]1NC1Cc2ccccc2C1. The van der Waals surface area contributed by atoms with Gasteiger partial charge in [0, 0.05) is 28.6 Å². The minimum absolute atomic E-state index is 0.373. The van der Waals surface area contributed by atoms with E-state index in [0.717, 1.165) is 25.0 Å². The van der Waals surface area contributed by atoms with E-state index < -0.39 is 10.8 Å². The van der Waals surface area contributed by atoms with E-state index in [2.05, 4.69) is 29.6 Å². The Hall–Kier alpha value is -0.670. The van der Waals surface area contributed by atoms with Crippen molar-refractivity contribution in [2.45, 2.75) is 62.8 Å². The standard InChI is InChI=1S/C17H25NOS/c1-2-20(19)17-10-6-5-9-16(17)18-15-11-13-7-3-4-8-14(13)12-15/h3-4,7-8,15-18H,2,5-6,9-12H2,1H3/t16-,17-,20+/m0/s1. The largest absolute Gasteiger partial charge is 0.309 e. The topological polar surface area (TPSA) is 29.1 Å². The van der Waals surface area contributed by atoms with Gasteiger partial charge in [0.1, 0.15) is 0 Å². The molecule has 20 heavy (non-hydrogen) atoms. The fraction of sp³-hybridized carbons (Fsp3) is 0.647. The van der Waals surface area contributed by atoms with Crippen molar-refractivity contribution < 1.29 is 4.21 Å². The Balaban J connectivity index is 1.64. The Bertz CT molecular complexity index is 463. The highest BCUT2D eigenvalue weighted by atomic mass is 32.2. The molecule has 0 radical (unpaired) electrons. The highest BCUT2D eigenvalue weighted by Crippen LogP contribution is 2.27. The van der Waals surface area contributed by atoms with Crippen molar-refractivity contribution in [3.63, 3.8) is 0 Å². The van der Waals surface area contributed by atoms with Crippen LogP contribution in [0, 0.1) is 0 Å². The maximum atomic E-state index is 12.2. The second-order valence-corrected chi connectivity index (χ2v) is 8.08. The number of fused-ring (bicyclic) bond motifs is 1. The van der Waals surface area contributed by atoms with Crippen molar-refractivity contribution in [1.82, 2.24) is 5.32 Å². The maximum Gasteiger partial charge on any atom is 0.0501 e. The van der Waals surface area contributed by atoms with Gasteiger partial charge in [0.2, 0.25) is 0 Å². The van der Waals surface area contributed by atoms with E-state index >= 15 is 0 Å². The third kappa shape index (κ3) is 2.99. The van der Waals surface area contributed by atoms with Gasteiger partial charge in [-0.25, -0.2) is 0 Å². The molecular weight excluding hydrogens is 266 g/mol. The van der Waals surface area contributed by atoms with Gasteiger partial charge in [0.25, 0.3) is 0 Å². The summed E-state index contributed by atoms with van der Waals surface area (Å²) in [5.41, 5.74) is 2.99. The molecule has 2 aliphatic rings. The van der Waals surface area contributed by atoms with E-state index in [4.69, 9.17) is 0 Å². The van der Waals surface area contributed by atoms with Gasteiger partial charge in [-0.1, -0.05) is 44.0 Å². The Kier molecular flexibility index (Phi) is 4.57. The minimum atomic E-state index is -0.656. The van der Waals surface area contributed by atoms with E-state index in [9.17, 15) is 4.21 Å². The van der Waals surface area contributed by atoms with Crippen LogP contribution in [-0.4, -0.2) is 27.3 Å². The van der Waals surface area contributed by atoms with Gasteiger partial charge in [-0.3, -0.25) is 4.21 Å². The Morgan fingerprint density at radius 1 is 1.15 bits per heavy atom. The molecule has 1 fully saturated rings. The normalized spacial score (nSPS) is 28.2. The lowest BCUT2D eigenvalue weighted by atomic mass is 9.94. The first kappa shape index (κ1) is 14.3. The van der Waals surface area contributed by atoms with Gasteiger partial charge in [-0.05, 0) is 36.8 Å². The molecular formula is C17H25NOS. The van der Waals surface area contributed by atoms with Gasteiger partial charge in [0.15, 0.2) is 0 Å². The van der Waals surface area contributed by atoms with Crippen LogP contribution in [0.5, 0.6) is 0 Å². The molecule has 0 saturated heterocycles. The molecule has 0 amide bonds. The van der Waals surface area contributed by atoms with Crippen molar-refractivity contribution in [1.29, 1.82) is 0 Å². The maximum absolute atomic E-state index is 12.2. The van der Waals surface area contributed by atoms with Crippen LogP contribution < -0.4 is 5.32 Å². The Morgan fingerprint density at radius 2 is 1.80 bits per heavy atom. The predicted octanol–water partition coefficient (Wildman–Crippen LogP) is 2.82. The van der Waals surface area contributed by atoms with Crippen LogP contribution in [0.15, 0.2) is 24.3 Å². The van der Waals surface area contributed by atoms with Crippen LogP contribution in [0.1, 0.15) is 43.7 Å². The minimum Gasteiger partial charge on any atom is -0.309 e. The monoisotopic (exact) mass is 291 g/mol. The first-order chi connectivity index (χ1) is 9.78. The van der Waals surface area contributed by atoms with E-state index in [-0.39, 0.29) is 0 Å². The molecule has 0 spiro atoms. The molecule has 3 rings (SSSR count). The third-order valence-corrected chi connectivity index (χ3v) is 6.63. The molecule has 2 aliphatic carbocycles. The van der Waals surface area contributed by atoms with Crippen LogP contribution in [0.2, 0.25) is 0 Å². The summed E-state index contributed by atoms with van der Waals surface area (Å²) in [7, 11) is -0.656. The fourth-order valence-corrected chi connectivity index (χ4v) is 5.23. The highest BCUT2D eigenvalue weighted by Gasteiger charge is 2.32. The number of hydrogen-bond donors (Lipinski definition) is 1.